The van der Waals surface area contributed by atoms with Crippen molar-refractivity contribution in [3.8, 4) is 11.5 Å². The molecule has 1 aliphatic heterocycles. The van der Waals surface area contributed by atoms with E-state index in [9.17, 15) is 14.7 Å². The van der Waals surface area contributed by atoms with Crippen molar-refractivity contribution in [3.05, 3.63) is 53.6 Å². The second kappa shape index (κ2) is 6.75. The molecule has 0 saturated heterocycles. The monoisotopic (exact) mass is 329 g/mol. The first-order valence-electron chi connectivity index (χ1n) is 7.03. The van der Waals surface area contributed by atoms with Crippen molar-refractivity contribution in [1.29, 1.82) is 0 Å². The molecular weight excluding hydrogens is 316 g/mol. The Balaban J connectivity index is 1.72. The number of carboxylic acid groups (broad SMARTS) is 1. The molecule has 2 aromatic carbocycles. The van der Waals surface area contributed by atoms with Gasteiger partial charge in [-0.3, -0.25) is 4.79 Å². The van der Waals surface area contributed by atoms with Crippen LogP contribution in [0.1, 0.15) is 15.9 Å². The van der Waals surface area contributed by atoms with E-state index in [0.29, 0.717) is 29.6 Å². The van der Waals surface area contributed by atoms with E-state index in [1.165, 1.54) is 6.07 Å². The van der Waals surface area contributed by atoms with E-state index in [4.69, 9.17) is 9.47 Å². The molecule has 0 spiro atoms. The number of rotatable bonds is 4. The maximum absolute atomic E-state index is 12.2. The highest BCUT2D eigenvalue weighted by atomic mass is 32.2. The molecule has 0 aromatic heterocycles. The zero-order chi connectivity index (χ0) is 16.2. The fraction of sp³-hybridized carbons (Fsp3) is 0.176. The predicted octanol–water partition coefficient (Wildman–Crippen LogP) is 1.68. The van der Waals surface area contributed by atoms with Crippen molar-refractivity contribution < 1.29 is 24.2 Å². The predicted molar refractivity (Wildman–Crippen MR) is 82.8 cm³/mol. The van der Waals surface area contributed by atoms with Crippen LogP contribution in [0.5, 0.6) is 11.5 Å². The lowest BCUT2D eigenvalue weighted by Gasteiger charge is -2.18. The molecule has 118 valence electrons. The van der Waals surface area contributed by atoms with Crippen LogP contribution in [0.3, 0.4) is 0 Å². The van der Waals surface area contributed by atoms with Crippen molar-refractivity contribution in [1.82, 2.24) is 0 Å². The summed E-state index contributed by atoms with van der Waals surface area (Å²) in [6, 6.07) is 11.7. The maximum Gasteiger partial charge on any atom is 0.198 e. The van der Waals surface area contributed by atoms with Crippen LogP contribution in [0, 0.1) is 0 Å². The summed E-state index contributed by atoms with van der Waals surface area (Å²) in [4.78, 5) is 23.6. The fourth-order valence-electron chi connectivity index (χ4n) is 2.25. The highest BCUT2D eigenvalue weighted by Crippen LogP contribution is 2.32. The van der Waals surface area contributed by atoms with E-state index in [2.05, 4.69) is 0 Å². The molecule has 0 saturated carbocycles. The Labute approximate surface area is 137 Å². The summed E-state index contributed by atoms with van der Waals surface area (Å²) < 4.78 is 10.9. The van der Waals surface area contributed by atoms with Crippen LogP contribution in [-0.2, 0) is 11.2 Å². The molecule has 2 aromatic rings. The number of hydrogen-bond donors (Lipinski definition) is 0. The normalized spacial score (nSPS) is 12.7. The number of aromatic carboxylic acids is 1. The van der Waals surface area contributed by atoms with Crippen molar-refractivity contribution >= 4 is 22.8 Å². The molecule has 0 fully saturated rings. The van der Waals surface area contributed by atoms with Crippen molar-refractivity contribution in [2.75, 3.05) is 13.2 Å². The van der Waals surface area contributed by atoms with Crippen LogP contribution in [0.15, 0.2) is 47.4 Å². The number of ether oxygens (including phenoxy) is 2. The van der Waals surface area contributed by atoms with Gasteiger partial charge in [-0.1, -0.05) is 36.0 Å². The zero-order valence-corrected chi connectivity index (χ0v) is 12.9. The van der Waals surface area contributed by atoms with Gasteiger partial charge in [0.25, 0.3) is 0 Å². The van der Waals surface area contributed by atoms with Gasteiger partial charge in [0.1, 0.15) is 13.2 Å². The Bertz CT molecular complexity index is 756. The maximum atomic E-state index is 12.2. The standard InChI is InChI=1S/C17H14O5S/c18-16(23-15-4-2-1-3-12(15)17(19)20)10-11-5-6-13-14(9-11)22-8-7-21-13/h1-6,9H,7-8,10H2,(H,19,20)/p-1. The van der Waals surface area contributed by atoms with E-state index in [-0.39, 0.29) is 17.1 Å². The average Bonchev–Trinajstić information content (AvgIpc) is 2.55. The van der Waals surface area contributed by atoms with E-state index in [0.717, 1.165) is 17.3 Å². The van der Waals surface area contributed by atoms with Crippen LogP contribution in [-0.4, -0.2) is 24.3 Å². The quantitative estimate of drug-likeness (QED) is 0.795. The van der Waals surface area contributed by atoms with Crippen molar-refractivity contribution in [3.63, 3.8) is 0 Å². The lowest BCUT2D eigenvalue weighted by molar-refractivity contribution is -0.255. The van der Waals surface area contributed by atoms with E-state index < -0.39 is 5.97 Å². The molecular formula is C17H13O5S-. The second-order valence-electron chi connectivity index (χ2n) is 4.91. The SMILES string of the molecule is O=C(Cc1ccc2c(c1)OCCO2)Sc1ccccc1C(=O)[O-]. The number of thioether (sulfide) groups is 1. The van der Waals surface area contributed by atoms with Crippen LogP contribution in [0.2, 0.25) is 0 Å². The zero-order valence-electron chi connectivity index (χ0n) is 12.1. The van der Waals surface area contributed by atoms with Crippen LogP contribution in [0.25, 0.3) is 0 Å². The number of carbonyl (C=O) groups excluding carboxylic acids is 2. The molecule has 0 bridgehead atoms. The van der Waals surface area contributed by atoms with E-state index in [1.54, 1.807) is 36.4 Å². The van der Waals surface area contributed by atoms with E-state index in [1.807, 2.05) is 0 Å². The molecule has 0 N–H and O–H groups in total. The molecule has 0 unspecified atom stereocenters. The molecule has 0 amide bonds. The summed E-state index contributed by atoms with van der Waals surface area (Å²) in [6.07, 6.45) is 0.169. The summed E-state index contributed by atoms with van der Waals surface area (Å²) in [7, 11) is 0. The number of carbonyl (C=O) groups is 2. The third-order valence-electron chi connectivity index (χ3n) is 3.29. The van der Waals surface area contributed by atoms with Crippen molar-refractivity contribution in [2.24, 2.45) is 0 Å². The molecule has 3 rings (SSSR count). The minimum atomic E-state index is -1.29. The van der Waals surface area contributed by atoms with Gasteiger partial charge in [-0.25, -0.2) is 0 Å². The van der Waals surface area contributed by atoms with Gasteiger partial charge in [0.2, 0.25) is 0 Å². The lowest BCUT2D eigenvalue weighted by Crippen LogP contribution is -2.23. The Morgan fingerprint density at radius 2 is 1.78 bits per heavy atom. The Kier molecular flexibility index (Phi) is 4.52. The molecule has 0 atom stereocenters. The van der Waals surface area contributed by atoms with Crippen LogP contribution in [0.4, 0.5) is 0 Å². The number of fused-ring (bicyclic) bond motifs is 1. The van der Waals surface area contributed by atoms with Gasteiger partial charge in [0.05, 0.1) is 5.97 Å². The lowest BCUT2D eigenvalue weighted by atomic mass is 10.1. The number of carboxylic acids is 1. The van der Waals surface area contributed by atoms with Crippen molar-refractivity contribution in [2.45, 2.75) is 11.3 Å². The van der Waals surface area contributed by atoms with Gasteiger partial charge >= 0.3 is 0 Å². The Morgan fingerprint density at radius 1 is 1.04 bits per heavy atom. The molecule has 23 heavy (non-hydrogen) atoms. The minimum absolute atomic E-state index is 0.0213. The highest BCUT2D eigenvalue weighted by Gasteiger charge is 2.14. The highest BCUT2D eigenvalue weighted by molar-refractivity contribution is 8.13. The first-order chi connectivity index (χ1) is 11.1. The second-order valence-corrected chi connectivity index (χ2v) is 6.01. The van der Waals surface area contributed by atoms with Gasteiger partial charge in [-0.2, -0.15) is 0 Å². The summed E-state index contributed by atoms with van der Waals surface area (Å²) in [5, 5.41) is 10.9. The summed E-state index contributed by atoms with van der Waals surface area (Å²) >= 11 is 0.899. The van der Waals surface area contributed by atoms with Gasteiger partial charge < -0.3 is 19.4 Å². The molecule has 6 heteroatoms. The topological polar surface area (TPSA) is 75.7 Å². The fourth-order valence-corrected chi connectivity index (χ4v) is 3.14. The minimum Gasteiger partial charge on any atom is -0.545 e. The van der Waals surface area contributed by atoms with Gasteiger partial charge in [-0.05, 0) is 23.8 Å². The molecule has 0 radical (unpaired) electrons. The summed E-state index contributed by atoms with van der Waals surface area (Å²) in [6.45, 7) is 0.999. The third-order valence-corrected chi connectivity index (χ3v) is 4.23. The summed E-state index contributed by atoms with van der Waals surface area (Å²) in [5.74, 6) is 0.00400. The Morgan fingerprint density at radius 3 is 2.57 bits per heavy atom. The van der Waals surface area contributed by atoms with Gasteiger partial charge in [0.15, 0.2) is 16.6 Å². The van der Waals surface area contributed by atoms with E-state index >= 15 is 0 Å². The number of hydrogen-bond acceptors (Lipinski definition) is 6. The largest absolute Gasteiger partial charge is 0.545 e. The first-order valence-corrected chi connectivity index (χ1v) is 7.85. The third kappa shape index (κ3) is 3.65. The Hall–Kier alpha value is -2.47. The summed E-state index contributed by atoms with van der Waals surface area (Å²) in [5.41, 5.74) is 0.811. The van der Waals surface area contributed by atoms with Gasteiger partial charge in [-0.15, -0.1) is 0 Å². The average molecular weight is 329 g/mol. The molecule has 1 heterocycles. The first kappa shape index (κ1) is 15.4. The van der Waals surface area contributed by atoms with Crippen LogP contribution >= 0.6 is 11.8 Å². The molecule has 5 nitrogen and oxygen atoms in total. The van der Waals surface area contributed by atoms with Crippen LogP contribution < -0.4 is 14.6 Å². The van der Waals surface area contributed by atoms with Gasteiger partial charge in [0, 0.05) is 16.9 Å². The smallest absolute Gasteiger partial charge is 0.198 e. The molecule has 1 aliphatic rings. The number of benzene rings is 2. The molecule has 0 aliphatic carbocycles.